The zero-order chi connectivity index (χ0) is 23.7. The monoisotopic (exact) mass is 477 g/mol. The van der Waals surface area contributed by atoms with Crippen molar-refractivity contribution < 1.29 is 14.3 Å². The fraction of sp³-hybridized carbons (Fsp3) is 0.240. The number of primary amides is 1. The molecule has 1 amide bonds. The highest BCUT2D eigenvalue weighted by molar-refractivity contribution is 6.33. The molecule has 2 aromatic heterocycles. The van der Waals surface area contributed by atoms with Crippen molar-refractivity contribution in [1.82, 2.24) is 15.0 Å². The average molecular weight is 478 g/mol. The number of hydrogen-bond acceptors (Lipinski definition) is 6. The number of aromatic nitrogens is 3. The predicted molar refractivity (Wildman–Crippen MR) is 132 cm³/mol. The number of carbonyl (C=O) groups excluding carboxylic acids is 1. The number of nitrogens with one attached hydrogen (secondary N) is 1. The number of benzene rings is 2. The molecule has 1 saturated heterocycles. The van der Waals surface area contributed by atoms with Crippen LogP contribution in [0.3, 0.4) is 0 Å². The average Bonchev–Trinajstić information content (AvgIpc) is 3.25. The fourth-order valence-corrected chi connectivity index (χ4v) is 4.33. The summed E-state index contributed by atoms with van der Waals surface area (Å²) in [6.07, 6.45) is 0.696. The highest BCUT2D eigenvalue weighted by Gasteiger charge is 2.15. The Morgan fingerprint density at radius 1 is 1.15 bits per heavy atom. The number of nitrogens with two attached hydrogens (primary N) is 1. The van der Waals surface area contributed by atoms with Crippen LogP contribution in [0.2, 0.25) is 5.02 Å². The van der Waals surface area contributed by atoms with Crippen LogP contribution in [0.1, 0.15) is 22.8 Å². The highest BCUT2D eigenvalue weighted by atomic mass is 35.5. The largest absolute Gasteiger partial charge is 0.426 e. The molecule has 174 valence electrons. The van der Waals surface area contributed by atoms with Gasteiger partial charge >= 0.3 is 6.01 Å². The van der Waals surface area contributed by atoms with Gasteiger partial charge in [0.1, 0.15) is 5.75 Å². The van der Waals surface area contributed by atoms with Gasteiger partial charge in [-0.05, 0) is 42.3 Å². The van der Waals surface area contributed by atoms with Gasteiger partial charge in [-0.3, -0.25) is 4.79 Å². The molecular weight excluding hydrogens is 454 g/mol. The molecule has 1 fully saturated rings. The molecule has 2 aromatic carbocycles. The molecule has 1 aliphatic heterocycles. The number of pyridine rings is 1. The zero-order valence-electron chi connectivity index (χ0n) is 18.7. The maximum Gasteiger partial charge on any atom is 0.301 e. The summed E-state index contributed by atoms with van der Waals surface area (Å²) in [6, 6.07) is 15.4. The van der Waals surface area contributed by atoms with Crippen LogP contribution in [0, 0.1) is 0 Å². The van der Waals surface area contributed by atoms with E-state index in [4.69, 9.17) is 26.8 Å². The minimum absolute atomic E-state index is 0.248. The molecule has 1 aliphatic rings. The lowest BCUT2D eigenvalue weighted by Crippen LogP contribution is -2.36. The van der Waals surface area contributed by atoms with Gasteiger partial charge in [0.05, 0.1) is 29.4 Å². The van der Waals surface area contributed by atoms with Gasteiger partial charge in [0.25, 0.3) is 0 Å². The van der Waals surface area contributed by atoms with Crippen molar-refractivity contribution in [2.24, 2.45) is 5.73 Å². The third-order valence-electron chi connectivity index (χ3n) is 5.86. The van der Waals surface area contributed by atoms with Crippen LogP contribution in [0.15, 0.2) is 48.5 Å². The van der Waals surface area contributed by atoms with Crippen molar-refractivity contribution in [3.8, 4) is 23.0 Å². The number of halogens is 1. The van der Waals surface area contributed by atoms with Gasteiger partial charge in [0, 0.05) is 29.9 Å². The molecule has 3 N–H and O–H groups in total. The van der Waals surface area contributed by atoms with Gasteiger partial charge < -0.3 is 25.1 Å². The van der Waals surface area contributed by atoms with Crippen LogP contribution in [-0.4, -0.2) is 47.2 Å². The van der Waals surface area contributed by atoms with Crippen molar-refractivity contribution >= 4 is 34.4 Å². The summed E-state index contributed by atoms with van der Waals surface area (Å²) in [5.74, 6) is -0.0419. The number of nitrogens with zero attached hydrogens (tertiary/aromatic N) is 3. The van der Waals surface area contributed by atoms with Gasteiger partial charge in [0.2, 0.25) is 5.91 Å². The van der Waals surface area contributed by atoms with Gasteiger partial charge in [-0.1, -0.05) is 36.7 Å². The first-order chi connectivity index (χ1) is 16.5. The van der Waals surface area contributed by atoms with E-state index in [1.165, 1.54) is 0 Å². The smallest absolute Gasteiger partial charge is 0.301 e. The first-order valence-electron chi connectivity index (χ1n) is 11.1. The van der Waals surface area contributed by atoms with Gasteiger partial charge in [-0.15, -0.1) is 0 Å². The van der Waals surface area contributed by atoms with E-state index in [1.54, 1.807) is 18.2 Å². The summed E-state index contributed by atoms with van der Waals surface area (Å²) in [5.41, 5.74) is 10.6. The number of carbonyl (C=O) groups is 1. The number of fused-ring (bicyclic) bond motifs is 1. The van der Waals surface area contributed by atoms with Crippen molar-refractivity contribution in [1.29, 1.82) is 0 Å². The van der Waals surface area contributed by atoms with Crippen molar-refractivity contribution in [2.75, 3.05) is 31.2 Å². The molecule has 8 nitrogen and oxygen atoms in total. The van der Waals surface area contributed by atoms with E-state index in [0.29, 0.717) is 39.6 Å². The van der Waals surface area contributed by atoms with Crippen molar-refractivity contribution in [3.05, 3.63) is 64.7 Å². The van der Waals surface area contributed by atoms with E-state index < -0.39 is 5.91 Å². The highest BCUT2D eigenvalue weighted by Crippen LogP contribution is 2.32. The summed E-state index contributed by atoms with van der Waals surface area (Å²) < 4.78 is 11.3. The van der Waals surface area contributed by atoms with E-state index in [9.17, 15) is 4.79 Å². The number of anilines is 1. The van der Waals surface area contributed by atoms with Crippen LogP contribution in [0.5, 0.6) is 11.8 Å². The maximum absolute atomic E-state index is 11.8. The van der Waals surface area contributed by atoms with Crippen molar-refractivity contribution in [3.63, 3.8) is 0 Å². The summed E-state index contributed by atoms with van der Waals surface area (Å²) in [7, 11) is 0. The fourth-order valence-electron chi connectivity index (χ4n) is 4.07. The third kappa shape index (κ3) is 4.42. The minimum atomic E-state index is -0.496. The lowest BCUT2D eigenvalue weighted by atomic mass is 10.0. The van der Waals surface area contributed by atoms with Crippen LogP contribution >= 0.6 is 11.6 Å². The molecule has 5 rings (SSSR count). The second kappa shape index (κ2) is 9.32. The quantitative estimate of drug-likeness (QED) is 0.421. The first kappa shape index (κ1) is 22.2. The molecule has 0 aliphatic carbocycles. The number of aryl methyl sites for hydroxylation is 1. The number of morpholine rings is 1. The lowest BCUT2D eigenvalue weighted by molar-refractivity contribution is 0.0999. The molecule has 34 heavy (non-hydrogen) atoms. The number of hydrogen-bond donors (Lipinski definition) is 2. The van der Waals surface area contributed by atoms with Gasteiger partial charge in [-0.25, -0.2) is 4.98 Å². The normalized spacial score (nSPS) is 13.9. The molecule has 4 aromatic rings. The third-order valence-corrected chi connectivity index (χ3v) is 6.15. The molecule has 0 spiro atoms. The predicted octanol–water partition coefficient (Wildman–Crippen LogP) is 4.57. The molecular formula is C25H24ClN5O3. The second-order valence-electron chi connectivity index (χ2n) is 8.02. The molecule has 0 atom stereocenters. The van der Waals surface area contributed by atoms with Crippen LogP contribution in [0.25, 0.3) is 22.4 Å². The molecule has 0 radical (unpaired) electrons. The van der Waals surface area contributed by atoms with E-state index in [0.717, 1.165) is 43.1 Å². The molecule has 3 heterocycles. The van der Waals surface area contributed by atoms with Crippen molar-refractivity contribution in [2.45, 2.75) is 13.3 Å². The summed E-state index contributed by atoms with van der Waals surface area (Å²) >= 11 is 6.56. The van der Waals surface area contributed by atoms with Crippen LogP contribution < -0.4 is 15.4 Å². The Bertz CT molecular complexity index is 1350. The van der Waals surface area contributed by atoms with E-state index in [1.807, 2.05) is 25.1 Å². The number of amides is 1. The summed E-state index contributed by atoms with van der Waals surface area (Å²) in [6.45, 7) is 5.19. The molecule has 9 heteroatoms. The Kier molecular flexibility index (Phi) is 6.08. The van der Waals surface area contributed by atoms with Crippen LogP contribution in [0.4, 0.5) is 5.69 Å². The van der Waals surface area contributed by atoms with Gasteiger partial charge in [-0.2, -0.15) is 4.98 Å². The number of H-pyrrole nitrogens is 1. The Morgan fingerprint density at radius 2 is 1.91 bits per heavy atom. The summed E-state index contributed by atoms with van der Waals surface area (Å²) in [5, 5.41) is 0.505. The maximum atomic E-state index is 11.8. The standard InChI is InChI=1S/C25H24ClN5O3/c1-2-15-5-8-18(13-19(15)23(27)32)34-25-28-21-14-20(26)22(29-24(21)30-25)16-3-6-17(7-4-16)31-9-11-33-12-10-31/h3-8,13-14H,2,9-12H2,1H3,(H2,27,32)(H,28,29,30). The molecule has 0 bridgehead atoms. The minimum Gasteiger partial charge on any atom is -0.426 e. The number of aromatic amines is 1. The Hall–Kier alpha value is -3.62. The van der Waals surface area contributed by atoms with Crippen LogP contribution in [-0.2, 0) is 11.2 Å². The summed E-state index contributed by atoms with van der Waals surface area (Å²) in [4.78, 5) is 26.2. The molecule has 0 saturated carbocycles. The first-order valence-corrected chi connectivity index (χ1v) is 11.5. The Balaban J connectivity index is 1.41. The SMILES string of the molecule is CCc1ccc(Oc2nc3nc(-c4ccc(N5CCOCC5)cc4)c(Cl)cc3[nH]2)cc1C(N)=O. The number of imidazole rings is 1. The lowest BCUT2D eigenvalue weighted by Gasteiger charge is -2.28. The van der Waals surface area contributed by atoms with E-state index in [-0.39, 0.29) is 6.01 Å². The second-order valence-corrected chi connectivity index (χ2v) is 8.42. The Morgan fingerprint density at radius 3 is 2.62 bits per heavy atom. The van der Waals surface area contributed by atoms with E-state index >= 15 is 0 Å². The number of rotatable bonds is 6. The zero-order valence-corrected chi connectivity index (χ0v) is 19.4. The molecule has 0 unspecified atom stereocenters. The van der Waals surface area contributed by atoms with E-state index in [2.05, 4.69) is 32.0 Å². The Labute approximate surface area is 201 Å². The number of ether oxygens (including phenoxy) is 2. The topological polar surface area (TPSA) is 106 Å². The van der Waals surface area contributed by atoms with Gasteiger partial charge in [0.15, 0.2) is 5.65 Å².